The minimum Gasteiger partial charge on any atom is -0.456 e. The van der Waals surface area contributed by atoms with Crippen LogP contribution in [0.25, 0.3) is 94.2 Å². The van der Waals surface area contributed by atoms with E-state index in [1.54, 1.807) is 0 Å². The Labute approximate surface area is 345 Å². The van der Waals surface area contributed by atoms with E-state index >= 15 is 0 Å². The van der Waals surface area contributed by atoms with Gasteiger partial charge < -0.3 is 18.3 Å². The second-order valence-electron chi connectivity index (χ2n) is 15.2. The van der Waals surface area contributed by atoms with Crippen LogP contribution < -0.4 is 4.90 Å². The zero-order valence-corrected chi connectivity index (χ0v) is 32.4. The third kappa shape index (κ3) is 5.59. The molecule has 282 valence electrons. The number of para-hydroxylation sites is 3. The lowest BCUT2D eigenvalue weighted by atomic mass is 10.0. The molecule has 0 fully saturated rings. The lowest BCUT2D eigenvalue weighted by Gasteiger charge is -2.28. The van der Waals surface area contributed by atoms with E-state index in [9.17, 15) is 0 Å². The van der Waals surface area contributed by atoms with Crippen molar-refractivity contribution in [3.63, 3.8) is 0 Å². The Morgan fingerprint density at radius 3 is 1.85 bits per heavy atom. The maximum absolute atomic E-state index is 6.47. The number of hydrogen-bond acceptors (Lipinski definition) is 4. The molecular formula is C55H35N3O2. The molecule has 0 saturated carbocycles. The minimum atomic E-state index is 0.603. The van der Waals surface area contributed by atoms with E-state index in [0.29, 0.717) is 5.89 Å². The molecule has 0 atom stereocenters. The molecule has 3 heterocycles. The van der Waals surface area contributed by atoms with Crippen LogP contribution in [-0.4, -0.2) is 9.55 Å². The predicted molar refractivity (Wildman–Crippen MR) is 247 cm³/mol. The molecule has 0 aliphatic carbocycles. The van der Waals surface area contributed by atoms with Crippen molar-refractivity contribution in [2.45, 2.75) is 0 Å². The van der Waals surface area contributed by atoms with Crippen molar-refractivity contribution in [3.8, 4) is 39.4 Å². The van der Waals surface area contributed by atoms with E-state index in [-0.39, 0.29) is 0 Å². The fraction of sp³-hybridized carbons (Fsp3) is 0. The number of oxazole rings is 1. The monoisotopic (exact) mass is 769 g/mol. The summed E-state index contributed by atoms with van der Waals surface area (Å²) in [5, 5.41) is 4.46. The molecule has 3 aromatic heterocycles. The number of hydrogen-bond donors (Lipinski definition) is 0. The van der Waals surface area contributed by atoms with Crippen LogP contribution in [0.3, 0.4) is 0 Å². The zero-order chi connectivity index (χ0) is 39.6. The molecule has 0 spiro atoms. The summed E-state index contributed by atoms with van der Waals surface area (Å²) in [6.07, 6.45) is 0. The number of anilines is 3. The van der Waals surface area contributed by atoms with Crippen molar-refractivity contribution in [2.24, 2.45) is 0 Å². The summed E-state index contributed by atoms with van der Waals surface area (Å²) in [7, 11) is 0. The molecule has 0 N–H and O–H groups in total. The largest absolute Gasteiger partial charge is 0.456 e. The molecule has 0 aliphatic rings. The first kappa shape index (κ1) is 33.9. The summed E-state index contributed by atoms with van der Waals surface area (Å²) in [5.74, 6) is 0.603. The molecule has 0 amide bonds. The number of nitrogens with zero attached hydrogens (tertiary/aromatic N) is 3. The second kappa shape index (κ2) is 13.8. The minimum absolute atomic E-state index is 0.603. The van der Waals surface area contributed by atoms with E-state index in [2.05, 4.69) is 179 Å². The Balaban J connectivity index is 0.962. The van der Waals surface area contributed by atoms with Crippen LogP contribution in [0.5, 0.6) is 0 Å². The van der Waals surface area contributed by atoms with Crippen molar-refractivity contribution in [1.29, 1.82) is 0 Å². The highest BCUT2D eigenvalue weighted by Gasteiger charge is 2.21. The first-order valence-electron chi connectivity index (χ1n) is 20.2. The Morgan fingerprint density at radius 1 is 0.383 bits per heavy atom. The zero-order valence-electron chi connectivity index (χ0n) is 32.4. The highest BCUT2D eigenvalue weighted by molar-refractivity contribution is 6.11. The van der Waals surface area contributed by atoms with Gasteiger partial charge in [-0.25, -0.2) is 4.98 Å². The van der Waals surface area contributed by atoms with Crippen LogP contribution >= 0.6 is 0 Å². The molecule has 0 unspecified atom stereocenters. The number of fused-ring (bicyclic) bond motifs is 7. The number of furan rings is 1. The van der Waals surface area contributed by atoms with Crippen LogP contribution in [0, 0.1) is 0 Å². The first-order chi connectivity index (χ1) is 29.7. The third-order valence-electron chi connectivity index (χ3n) is 11.6. The summed E-state index contributed by atoms with van der Waals surface area (Å²) in [6, 6.07) is 74.8. The first-order valence-corrected chi connectivity index (χ1v) is 20.2. The van der Waals surface area contributed by atoms with Gasteiger partial charge in [0, 0.05) is 55.8 Å². The van der Waals surface area contributed by atoms with Crippen LogP contribution in [0.4, 0.5) is 17.1 Å². The Kier molecular flexibility index (Phi) is 7.78. The normalized spacial score (nSPS) is 11.7. The third-order valence-corrected chi connectivity index (χ3v) is 11.6. The maximum atomic E-state index is 6.47. The maximum Gasteiger partial charge on any atom is 0.227 e. The lowest BCUT2D eigenvalue weighted by molar-refractivity contribution is 0.620. The van der Waals surface area contributed by atoms with Crippen molar-refractivity contribution in [1.82, 2.24) is 9.55 Å². The molecule has 60 heavy (non-hydrogen) atoms. The molecule has 0 saturated heterocycles. The van der Waals surface area contributed by atoms with Gasteiger partial charge in [-0.3, -0.25) is 0 Å². The summed E-state index contributed by atoms with van der Waals surface area (Å²) in [6.45, 7) is 0. The quantitative estimate of drug-likeness (QED) is 0.162. The number of rotatable bonds is 7. The molecule has 0 aliphatic heterocycles. The fourth-order valence-corrected chi connectivity index (χ4v) is 8.80. The average Bonchev–Trinajstić information content (AvgIpc) is 4.00. The molecule has 5 nitrogen and oxygen atoms in total. The second-order valence-corrected chi connectivity index (χ2v) is 15.2. The van der Waals surface area contributed by atoms with Gasteiger partial charge in [0.2, 0.25) is 5.89 Å². The number of aromatic nitrogens is 2. The molecule has 12 aromatic rings. The predicted octanol–water partition coefficient (Wildman–Crippen LogP) is 15.3. The number of benzene rings is 9. The van der Waals surface area contributed by atoms with Gasteiger partial charge in [-0.15, -0.1) is 0 Å². The van der Waals surface area contributed by atoms with Crippen molar-refractivity contribution in [2.75, 3.05) is 4.90 Å². The SMILES string of the molecule is c1ccc(-c2nc3cc4oc5cc(-c6ccc(N(c7ccc8c(c7)c7ccccc7n8-c7ccccc7)c7ccccc7-c7ccccc7)cc6)ccc5c4cc3o2)cc1. The van der Waals surface area contributed by atoms with Crippen molar-refractivity contribution in [3.05, 3.63) is 212 Å². The summed E-state index contributed by atoms with van der Waals surface area (Å²) >= 11 is 0. The standard InChI is InChI=1S/C55H35N3O2/c1-4-14-37(15-5-1)43-20-10-12-22-49(43)57(42-29-31-51-46(33-42)44-21-11-13-23-50(44)58(51)40-18-8-3-9-19-40)41-27-24-36(25-28-41)39-26-30-45-47-34-54-48(35-53(47)59-52(45)32-39)56-55(60-54)38-16-6-2-7-17-38/h1-35H. The van der Waals surface area contributed by atoms with Gasteiger partial charge in [0.25, 0.3) is 0 Å². The van der Waals surface area contributed by atoms with E-state index in [1.807, 2.05) is 42.5 Å². The molecule has 9 aromatic carbocycles. The molecular weight excluding hydrogens is 735 g/mol. The van der Waals surface area contributed by atoms with Crippen LogP contribution in [0.2, 0.25) is 0 Å². The smallest absolute Gasteiger partial charge is 0.227 e. The lowest BCUT2D eigenvalue weighted by Crippen LogP contribution is -2.11. The van der Waals surface area contributed by atoms with E-state index in [0.717, 1.165) is 83.6 Å². The Morgan fingerprint density at radius 2 is 1.03 bits per heavy atom. The summed E-state index contributed by atoms with van der Waals surface area (Å²) < 4.78 is 15.0. The van der Waals surface area contributed by atoms with Gasteiger partial charge in [-0.05, 0) is 102 Å². The molecule has 0 radical (unpaired) electrons. The molecule has 5 heteroatoms. The van der Waals surface area contributed by atoms with Crippen LogP contribution in [0.1, 0.15) is 0 Å². The summed E-state index contributed by atoms with van der Waals surface area (Å²) in [5.41, 5.74) is 15.3. The average molecular weight is 770 g/mol. The van der Waals surface area contributed by atoms with Crippen molar-refractivity contribution < 1.29 is 8.83 Å². The topological polar surface area (TPSA) is 47.3 Å². The Hall–Kier alpha value is -8.15. The molecule has 0 bridgehead atoms. The van der Waals surface area contributed by atoms with Crippen LogP contribution in [-0.2, 0) is 0 Å². The van der Waals surface area contributed by atoms with Crippen LogP contribution in [0.15, 0.2) is 221 Å². The fourth-order valence-electron chi connectivity index (χ4n) is 8.80. The summed E-state index contributed by atoms with van der Waals surface area (Å²) in [4.78, 5) is 7.15. The van der Waals surface area contributed by atoms with Gasteiger partial charge in [0.15, 0.2) is 5.58 Å². The van der Waals surface area contributed by atoms with E-state index in [4.69, 9.17) is 13.8 Å². The van der Waals surface area contributed by atoms with Gasteiger partial charge >= 0.3 is 0 Å². The highest BCUT2D eigenvalue weighted by atomic mass is 16.4. The van der Waals surface area contributed by atoms with Crippen molar-refractivity contribution >= 4 is 71.9 Å². The molecule has 12 rings (SSSR count). The van der Waals surface area contributed by atoms with Gasteiger partial charge in [-0.1, -0.05) is 121 Å². The Bertz CT molecular complexity index is 3530. The van der Waals surface area contributed by atoms with Gasteiger partial charge in [-0.2, -0.15) is 0 Å². The van der Waals surface area contributed by atoms with Gasteiger partial charge in [0.1, 0.15) is 16.7 Å². The highest BCUT2D eigenvalue weighted by Crippen LogP contribution is 2.44. The van der Waals surface area contributed by atoms with E-state index in [1.165, 1.54) is 21.8 Å². The van der Waals surface area contributed by atoms with Gasteiger partial charge in [0.05, 0.1) is 16.7 Å². The van der Waals surface area contributed by atoms with E-state index < -0.39 is 0 Å².